The van der Waals surface area contributed by atoms with Gasteiger partial charge in [-0.25, -0.2) is 9.98 Å². The van der Waals surface area contributed by atoms with Gasteiger partial charge in [0.05, 0.1) is 6.54 Å². The van der Waals surface area contributed by atoms with Gasteiger partial charge in [-0.3, -0.25) is 9.89 Å². The summed E-state index contributed by atoms with van der Waals surface area (Å²) in [5.41, 5.74) is 2.08. The number of hydrogen-bond donors (Lipinski definition) is 3. The highest BCUT2D eigenvalue weighted by Crippen LogP contribution is 2.16. The van der Waals surface area contributed by atoms with Crippen LogP contribution in [-0.2, 0) is 11.3 Å². The van der Waals surface area contributed by atoms with E-state index >= 15 is 0 Å². The molecule has 3 rings (SSSR count). The maximum Gasteiger partial charge on any atom is 0.222 e. The number of likely N-dealkylation sites (tertiary alicyclic amines) is 1. The molecule has 1 aliphatic rings. The van der Waals surface area contributed by atoms with E-state index in [0.717, 1.165) is 49.0 Å². The number of aliphatic imine (C=N–C) groups is 1. The van der Waals surface area contributed by atoms with Crippen LogP contribution in [0.2, 0.25) is 0 Å². The molecule has 2 heterocycles. The summed E-state index contributed by atoms with van der Waals surface area (Å²) in [5.74, 6) is 1.74. The van der Waals surface area contributed by atoms with Crippen LogP contribution in [0, 0.1) is 0 Å². The molecule has 0 bridgehead atoms. The lowest BCUT2D eigenvalue weighted by Crippen LogP contribution is -2.45. The van der Waals surface area contributed by atoms with Gasteiger partial charge in [0.15, 0.2) is 11.8 Å². The molecule has 27 heavy (non-hydrogen) atoms. The van der Waals surface area contributed by atoms with Crippen molar-refractivity contribution in [1.29, 1.82) is 0 Å². The predicted octanol–water partition coefficient (Wildman–Crippen LogP) is 1.54. The van der Waals surface area contributed by atoms with Crippen LogP contribution in [0.1, 0.15) is 32.3 Å². The molecule has 8 nitrogen and oxygen atoms in total. The first-order valence-corrected chi connectivity index (χ1v) is 9.47. The van der Waals surface area contributed by atoms with Gasteiger partial charge < -0.3 is 15.5 Å². The average Bonchev–Trinajstić information content (AvgIpc) is 3.38. The fraction of sp³-hybridized carbons (Fsp3) is 0.474. The smallest absolute Gasteiger partial charge is 0.222 e. The molecule has 0 aliphatic carbocycles. The molecule has 144 valence electrons. The van der Waals surface area contributed by atoms with E-state index in [9.17, 15) is 4.79 Å². The van der Waals surface area contributed by atoms with Crippen LogP contribution < -0.4 is 10.6 Å². The first-order valence-electron chi connectivity index (χ1n) is 9.47. The maximum atomic E-state index is 11.9. The second-order valence-electron chi connectivity index (χ2n) is 6.55. The molecular weight excluding hydrogens is 342 g/mol. The van der Waals surface area contributed by atoms with Gasteiger partial charge in [-0.2, -0.15) is 5.10 Å². The molecule has 0 spiro atoms. The van der Waals surface area contributed by atoms with Crippen LogP contribution >= 0.6 is 0 Å². The molecule has 0 radical (unpaired) electrons. The van der Waals surface area contributed by atoms with Gasteiger partial charge >= 0.3 is 0 Å². The highest BCUT2D eigenvalue weighted by molar-refractivity contribution is 5.80. The number of carbonyl (C=O) groups excluding carboxylic acids is 1. The lowest BCUT2D eigenvalue weighted by molar-refractivity contribution is -0.129. The number of hydrogen-bond acceptors (Lipinski definition) is 4. The Morgan fingerprint density at radius 2 is 2.30 bits per heavy atom. The Morgan fingerprint density at radius 3 is 3.04 bits per heavy atom. The molecular formula is C19H27N7O. The Hall–Kier alpha value is -2.90. The summed E-state index contributed by atoms with van der Waals surface area (Å²) >= 11 is 0. The number of aromatic nitrogens is 3. The fourth-order valence-electron chi connectivity index (χ4n) is 3.17. The quantitative estimate of drug-likeness (QED) is 0.530. The second-order valence-corrected chi connectivity index (χ2v) is 6.55. The number of aromatic amines is 1. The number of H-pyrrole nitrogens is 1. The van der Waals surface area contributed by atoms with Gasteiger partial charge in [-0.15, -0.1) is 0 Å². The summed E-state index contributed by atoms with van der Waals surface area (Å²) in [6.45, 7) is 6.84. The van der Waals surface area contributed by atoms with Crippen molar-refractivity contribution in [2.75, 3.05) is 19.6 Å². The second kappa shape index (κ2) is 9.16. The zero-order valence-electron chi connectivity index (χ0n) is 15.9. The first-order chi connectivity index (χ1) is 13.2. The van der Waals surface area contributed by atoms with Crippen LogP contribution in [0.15, 0.2) is 35.6 Å². The summed E-state index contributed by atoms with van der Waals surface area (Å²) in [7, 11) is 0. The van der Waals surface area contributed by atoms with E-state index in [4.69, 9.17) is 4.99 Å². The summed E-state index contributed by atoms with van der Waals surface area (Å²) in [6, 6.07) is 8.33. The lowest BCUT2D eigenvalue weighted by atomic mass is 10.1. The first kappa shape index (κ1) is 18.9. The van der Waals surface area contributed by atoms with Crippen molar-refractivity contribution < 1.29 is 4.79 Å². The van der Waals surface area contributed by atoms with Gasteiger partial charge in [0.25, 0.3) is 0 Å². The number of nitrogens with one attached hydrogen (secondary N) is 3. The molecule has 3 N–H and O–H groups in total. The molecule has 1 saturated heterocycles. The molecule has 1 atom stereocenters. The van der Waals surface area contributed by atoms with E-state index < -0.39 is 0 Å². The van der Waals surface area contributed by atoms with E-state index in [1.807, 2.05) is 36.9 Å². The Kier molecular flexibility index (Phi) is 6.40. The number of nitrogens with zero attached hydrogens (tertiary/aromatic N) is 4. The van der Waals surface area contributed by atoms with Crippen molar-refractivity contribution in [3.05, 3.63) is 36.2 Å². The molecule has 1 aromatic heterocycles. The molecule has 1 aromatic carbocycles. The van der Waals surface area contributed by atoms with Gasteiger partial charge in [0, 0.05) is 37.7 Å². The molecule has 1 aliphatic heterocycles. The Morgan fingerprint density at radius 1 is 1.41 bits per heavy atom. The predicted molar refractivity (Wildman–Crippen MR) is 105 cm³/mol. The summed E-state index contributed by atoms with van der Waals surface area (Å²) in [5, 5.41) is 13.5. The van der Waals surface area contributed by atoms with Gasteiger partial charge in [0.1, 0.15) is 6.33 Å². The topological polar surface area (TPSA) is 98.3 Å². The van der Waals surface area contributed by atoms with Crippen molar-refractivity contribution in [2.45, 2.75) is 39.3 Å². The van der Waals surface area contributed by atoms with Crippen LogP contribution in [0.25, 0.3) is 11.4 Å². The van der Waals surface area contributed by atoms with Gasteiger partial charge in [0.2, 0.25) is 5.91 Å². The zero-order valence-corrected chi connectivity index (χ0v) is 15.9. The van der Waals surface area contributed by atoms with Crippen molar-refractivity contribution in [3.8, 4) is 11.4 Å². The van der Waals surface area contributed by atoms with Crippen LogP contribution in [0.3, 0.4) is 0 Å². The summed E-state index contributed by atoms with van der Waals surface area (Å²) in [4.78, 5) is 22.7. The highest BCUT2D eigenvalue weighted by Gasteiger charge is 2.25. The monoisotopic (exact) mass is 369 g/mol. The van der Waals surface area contributed by atoms with Crippen LogP contribution in [-0.4, -0.2) is 57.6 Å². The standard InChI is InChI=1S/C19H27N7O/c1-3-17(27)26-9-8-16(12-26)24-19(20-4-2)21-11-14-6-5-7-15(10-14)18-22-13-23-25-18/h5-7,10,13,16H,3-4,8-9,11-12H2,1-2H3,(H2,20,21,24)(H,22,23,25). The van der Waals surface area contributed by atoms with Gasteiger partial charge in [-0.05, 0) is 25.0 Å². The van der Waals surface area contributed by atoms with E-state index in [-0.39, 0.29) is 11.9 Å². The number of carbonyl (C=O) groups is 1. The molecule has 8 heteroatoms. The largest absolute Gasteiger partial charge is 0.357 e. The van der Waals surface area contributed by atoms with Crippen LogP contribution in [0.5, 0.6) is 0 Å². The van der Waals surface area contributed by atoms with E-state index in [2.05, 4.69) is 31.9 Å². The minimum Gasteiger partial charge on any atom is -0.357 e. The minimum absolute atomic E-state index is 0.213. The van der Waals surface area contributed by atoms with Crippen LogP contribution in [0.4, 0.5) is 0 Å². The molecule has 1 unspecified atom stereocenters. The Bertz CT molecular complexity index is 772. The maximum absolute atomic E-state index is 11.9. The van der Waals surface area contributed by atoms with Crippen molar-refractivity contribution in [3.63, 3.8) is 0 Å². The van der Waals surface area contributed by atoms with Gasteiger partial charge in [-0.1, -0.05) is 25.1 Å². The van der Waals surface area contributed by atoms with E-state index in [1.165, 1.54) is 6.33 Å². The zero-order chi connectivity index (χ0) is 19.1. The Balaban J connectivity index is 1.63. The third-order valence-corrected chi connectivity index (χ3v) is 4.56. The lowest BCUT2D eigenvalue weighted by Gasteiger charge is -2.18. The van der Waals surface area contributed by atoms with Crippen molar-refractivity contribution >= 4 is 11.9 Å². The molecule has 1 fully saturated rings. The number of rotatable bonds is 6. The Labute approximate surface area is 159 Å². The molecule has 2 aromatic rings. The molecule has 0 saturated carbocycles. The summed E-state index contributed by atoms with van der Waals surface area (Å²) < 4.78 is 0. The average molecular weight is 369 g/mol. The molecule has 1 amide bonds. The number of amides is 1. The summed E-state index contributed by atoms with van der Waals surface area (Å²) in [6.07, 6.45) is 3.00. The van der Waals surface area contributed by atoms with E-state index in [1.54, 1.807) is 0 Å². The van der Waals surface area contributed by atoms with E-state index in [0.29, 0.717) is 13.0 Å². The SMILES string of the molecule is CCNC(=NCc1cccc(-c2ncn[nH]2)c1)NC1CCN(C(=O)CC)C1. The van der Waals surface area contributed by atoms with Crippen molar-refractivity contribution in [2.24, 2.45) is 4.99 Å². The fourth-order valence-corrected chi connectivity index (χ4v) is 3.17. The third kappa shape index (κ3) is 5.06. The third-order valence-electron chi connectivity index (χ3n) is 4.56. The minimum atomic E-state index is 0.213. The highest BCUT2D eigenvalue weighted by atomic mass is 16.2. The van der Waals surface area contributed by atoms with Crippen molar-refractivity contribution in [1.82, 2.24) is 30.7 Å². The number of benzene rings is 1. The normalized spacial score (nSPS) is 17.2. The number of guanidine groups is 1.